The van der Waals surface area contributed by atoms with Crippen LogP contribution in [0.25, 0.3) is 0 Å². The fourth-order valence-corrected chi connectivity index (χ4v) is 25.7. The molecule has 15 heteroatoms. The van der Waals surface area contributed by atoms with Crippen molar-refractivity contribution in [3.8, 4) is 0 Å². The van der Waals surface area contributed by atoms with Crippen molar-refractivity contribution in [2.24, 2.45) is 103 Å². The molecule has 11 aliphatic rings. The third-order valence-corrected chi connectivity index (χ3v) is 27.8. The summed E-state index contributed by atoms with van der Waals surface area (Å²) in [5.41, 5.74) is 11.0. The first-order valence-electron chi connectivity index (χ1n) is 31.7. The average Bonchev–Trinajstić information content (AvgIpc) is 2.00. The third kappa shape index (κ3) is 8.87. The summed E-state index contributed by atoms with van der Waals surface area (Å²) in [4.78, 5) is 25.3. The molecule has 0 amide bonds. The van der Waals surface area contributed by atoms with Crippen molar-refractivity contribution in [2.45, 2.75) is 178 Å². The minimum absolute atomic E-state index is 0.0779. The minimum atomic E-state index is -1.72. The molecule has 1 spiro atoms. The van der Waals surface area contributed by atoms with E-state index in [1.807, 2.05) is 41.2 Å². The van der Waals surface area contributed by atoms with Crippen molar-refractivity contribution in [3.05, 3.63) is 88.6 Å². The second kappa shape index (κ2) is 21.5. The van der Waals surface area contributed by atoms with Crippen molar-refractivity contribution in [3.63, 3.8) is 0 Å². The lowest BCUT2D eigenvalue weighted by atomic mass is 9.40. The number of nitrogens with one attached hydrogen (secondary N) is 2. The fourth-order valence-electron chi connectivity index (χ4n) is 22.4. The van der Waals surface area contributed by atoms with Gasteiger partial charge in [0.2, 0.25) is 0 Å². The van der Waals surface area contributed by atoms with Crippen LogP contribution >= 0.6 is 21.6 Å². The summed E-state index contributed by atoms with van der Waals surface area (Å²) in [6.45, 7) is 8.87. The molecule has 0 radical (unpaired) electrons. The number of aliphatic hydroxyl groups is 6. The summed E-state index contributed by atoms with van der Waals surface area (Å²) in [5, 5.41) is 83.0. The van der Waals surface area contributed by atoms with Gasteiger partial charge in [-0.3, -0.25) is 9.79 Å². The number of carbonyl (C=O) groups excluding carboxylic acids is 1. The summed E-state index contributed by atoms with van der Waals surface area (Å²) in [7, 11) is 5.58. The topological polar surface area (TPSA) is 219 Å². The first-order valence-corrected chi connectivity index (χ1v) is 34.1. The number of ketones is 1. The monoisotopic (exact) mass is 1150 g/mol. The van der Waals surface area contributed by atoms with Gasteiger partial charge in [-0.2, -0.15) is 0 Å². The number of aromatic nitrogens is 2. The Kier molecular flexibility index (Phi) is 15.1. The van der Waals surface area contributed by atoms with Gasteiger partial charge in [-0.15, -0.1) is 0 Å². The van der Waals surface area contributed by atoms with E-state index in [9.17, 15) is 25.5 Å². The van der Waals surface area contributed by atoms with Crippen LogP contribution in [0, 0.1) is 92.7 Å². The molecular weight excluding hydrogens is 1050 g/mol. The van der Waals surface area contributed by atoms with E-state index < -0.39 is 64.6 Å². The Labute approximate surface area is 489 Å². The number of nitrogens with two attached hydrogens (primary N) is 1. The molecule has 1 saturated heterocycles. The summed E-state index contributed by atoms with van der Waals surface area (Å²) in [6, 6.07) is 10.7. The molecule has 2 aromatic rings. The number of imidazole rings is 1. The Morgan fingerprint density at radius 3 is 2.54 bits per heavy atom. The van der Waals surface area contributed by atoms with Gasteiger partial charge in [0.25, 0.3) is 0 Å². The number of hydrogen-bond acceptors (Lipinski definition) is 12. The Hall–Kier alpha value is -2.99. The Balaban J connectivity index is 1.03. The van der Waals surface area contributed by atoms with Crippen LogP contribution in [0.4, 0.5) is 0 Å². The fraction of sp³-hybridized carbons (Fsp3) is 0.742. The molecule has 1 aliphatic heterocycles. The quantitative estimate of drug-likeness (QED) is 0.0359. The Morgan fingerprint density at radius 2 is 1.79 bits per heavy atom. The zero-order valence-corrected chi connectivity index (χ0v) is 50.4. The van der Waals surface area contributed by atoms with Gasteiger partial charge in [-0.1, -0.05) is 101 Å². The van der Waals surface area contributed by atoms with Gasteiger partial charge in [0.1, 0.15) is 6.23 Å². The van der Waals surface area contributed by atoms with Gasteiger partial charge in [0.05, 0.1) is 36.8 Å². The number of benzene rings is 1. The maximum atomic E-state index is 15.6. The van der Waals surface area contributed by atoms with Crippen LogP contribution in [-0.4, -0.2) is 120 Å². The van der Waals surface area contributed by atoms with Crippen LogP contribution in [0.3, 0.4) is 0 Å². The van der Waals surface area contributed by atoms with E-state index in [2.05, 4.69) is 77.5 Å². The van der Waals surface area contributed by atoms with E-state index in [4.69, 9.17) is 10.7 Å². The maximum Gasteiger partial charge on any atom is 0.190 e. The molecule has 1 aromatic carbocycles. The molecule has 22 atom stereocenters. The number of rotatable bonds is 10. The van der Waals surface area contributed by atoms with Gasteiger partial charge in [0.15, 0.2) is 11.7 Å². The number of aliphatic imine (C=N–C) groups is 1. The second-order valence-electron chi connectivity index (χ2n) is 29.2. The van der Waals surface area contributed by atoms with E-state index in [1.165, 1.54) is 49.7 Å². The summed E-state index contributed by atoms with van der Waals surface area (Å²) in [5.74, 6) is -0.512. The highest BCUT2D eigenvalue weighted by atomic mass is 33.1. The number of fused-ring (bicyclic) bond motifs is 14. The summed E-state index contributed by atoms with van der Waals surface area (Å²) >= 11 is 0. The van der Waals surface area contributed by atoms with E-state index >= 15 is 9.90 Å². The molecule has 442 valence electrons. The molecule has 7 saturated carbocycles. The lowest BCUT2D eigenvalue weighted by molar-refractivity contribution is -0.195. The van der Waals surface area contributed by atoms with Gasteiger partial charge in [-0.25, -0.2) is 4.98 Å². The van der Waals surface area contributed by atoms with Crippen LogP contribution in [0.15, 0.2) is 88.0 Å². The van der Waals surface area contributed by atoms with E-state index in [0.29, 0.717) is 42.2 Å². The number of aryl methyl sites for hydroxylation is 1. The predicted octanol–water partition coefficient (Wildman–Crippen LogP) is 8.56. The first kappa shape index (κ1) is 57.1. The molecule has 13 rings (SSSR count). The molecule has 13 nitrogen and oxygen atoms in total. The van der Waals surface area contributed by atoms with E-state index in [0.717, 1.165) is 63.0 Å². The Bertz CT molecular complexity index is 2820. The zero-order valence-electron chi connectivity index (χ0n) is 48.8. The zero-order chi connectivity index (χ0) is 56.5. The maximum absolute atomic E-state index is 15.6. The number of allylic oxidation sites excluding steroid dienone is 3. The number of hydrogen-bond donors (Lipinski definition) is 9. The SMILES string of the molecule is CNC[C@@H]1[C@@H](O)[C@@H](O)C[C@]2(C)[C@@H]3C(=CC(=O)[C@H]12)[C@]1(O)[C@@H]2C[C@H]([C@@H]4C[C@H]5CCCC6=C5[C@H](C(=C5C[C@@H]7CC[C@@H]8CCC[C@]8(C7)[C@H]65)C(C)(C)C[C@@H](n5ccnc5)CSS[C@@H]2CCc2ccccc2)[C@H]4O)[C@@]1(CO)C[C@H]3CN=C(N)N[C@@H](C)O. The smallest absolute Gasteiger partial charge is 0.190 e. The average molecular weight is 1150 g/mol. The predicted molar refractivity (Wildman–Crippen MR) is 320 cm³/mol. The lowest BCUT2D eigenvalue weighted by Gasteiger charge is -2.65. The molecule has 8 fully saturated rings. The molecular formula is C66H94N6O7S2. The van der Waals surface area contributed by atoms with Crippen LogP contribution in [0.5, 0.6) is 0 Å². The highest BCUT2D eigenvalue weighted by Gasteiger charge is 2.76. The molecule has 6 bridgehead atoms. The van der Waals surface area contributed by atoms with Gasteiger partial charge >= 0.3 is 0 Å². The second-order valence-corrected chi connectivity index (χ2v) is 31.8. The van der Waals surface area contributed by atoms with Crippen LogP contribution < -0.4 is 16.4 Å². The van der Waals surface area contributed by atoms with Gasteiger partial charge in [0, 0.05) is 77.5 Å². The van der Waals surface area contributed by atoms with Gasteiger partial charge in [-0.05, 0) is 192 Å². The highest BCUT2D eigenvalue weighted by molar-refractivity contribution is 8.76. The van der Waals surface area contributed by atoms with Crippen molar-refractivity contribution in [1.82, 2.24) is 20.2 Å². The van der Waals surface area contributed by atoms with E-state index in [1.54, 1.807) is 29.7 Å². The van der Waals surface area contributed by atoms with E-state index in [-0.39, 0.29) is 77.6 Å². The number of guanidine groups is 1. The first-order chi connectivity index (χ1) is 38.9. The molecule has 1 aromatic heterocycles. The third-order valence-electron chi connectivity index (χ3n) is 24.8. The molecule has 0 unspecified atom stereocenters. The highest BCUT2D eigenvalue weighted by Crippen LogP contribution is 2.76. The standard InChI is InChI=1S/C66H94N6O7S2/c1-36(74)71-61(67)70-31-40-28-65(34-73)47-25-48(66(65,79)49-26-50(75)57-46(32-68-5)59(77)51(76)30-63(57,4)55(40)49)52(19-17-37-11-7-6-8-12-37)81-80-33-42(72-22-21-69-35-72)29-62(2,3)58-45-23-38-16-18-41-14-10-20-64(41,27-38)56(45)43-15-9-13-39-24-44(47)60(78)54(58)53(39)43/h6-8,11-12,21-22,26,35-36,38-42,44,46-48,51-52,54-57,59-60,68,73-74,76-79H,9-10,13-20,23-25,27-34H2,1-5H3,(H3,67,70,71)/t36-,38+,39-,40+,41+,42-,44+,46+,47-,48-,51+,52-,54-,55+,56-,57+,59-,60+,63-,64-,65+,66-/m1/s1. The molecule has 2 heterocycles. The normalized spacial score (nSPS) is 45.6. The minimum Gasteiger partial charge on any atom is -0.396 e. The van der Waals surface area contributed by atoms with Gasteiger partial charge < -0.3 is 51.6 Å². The molecule has 10 N–H and O–H groups in total. The van der Waals surface area contributed by atoms with Crippen molar-refractivity contribution in [1.29, 1.82) is 0 Å². The van der Waals surface area contributed by atoms with Crippen molar-refractivity contribution in [2.75, 3.05) is 32.5 Å². The summed E-state index contributed by atoms with van der Waals surface area (Å²) in [6.07, 6.45) is 20.5. The van der Waals surface area contributed by atoms with Crippen LogP contribution in [0.2, 0.25) is 0 Å². The van der Waals surface area contributed by atoms with Crippen molar-refractivity contribution >= 4 is 33.3 Å². The number of aliphatic hydroxyl groups excluding tert-OH is 5. The molecule has 81 heavy (non-hydrogen) atoms. The van der Waals surface area contributed by atoms with Crippen LogP contribution in [0.1, 0.15) is 142 Å². The Morgan fingerprint density at radius 1 is 0.975 bits per heavy atom. The number of carbonyl (C=O) groups is 1. The summed E-state index contributed by atoms with van der Waals surface area (Å²) < 4.78 is 2.33. The van der Waals surface area contributed by atoms with Crippen molar-refractivity contribution < 1.29 is 35.4 Å². The largest absolute Gasteiger partial charge is 0.396 e. The molecule has 10 aliphatic carbocycles. The van der Waals surface area contributed by atoms with Crippen LogP contribution in [-0.2, 0) is 11.2 Å². The number of nitrogens with zero attached hydrogens (tertiary/aromatic N) is 3. The lowest BCUT2D eigenvalue weighted by Crippen LogP contribution is -2.69.